The number of primary sulfonamides is 1. The second kappa shape index (κ2) is 14.5. The molecule has 0 aliphatic heterocycles. The Balaban J connectivity index is 1.53. The van der Waals surface area contributed by atoms with Gasteiger partial charge in [0, 0.05) is 42.9 Å². The molecule has 1 aromatic heterocycles. The molecule has 0 bridgehead atoms. The number of methoxy groups -OCH3 is 1. The van der Waals surface area contributed by atoms with Crippen LogP contribution in [0.25, 0.3) is 10.9 Å². The summed E-state index contributed by atoms with van der Waals surface area (Å²) in [4.78, 5) is 2.05. The van der Waals surface area contributed by atoms with Crippen molar-refractivity contribution in [3.8, 4) is 17.6 Å². The van der Waals surface area contributed by atoms with E-state index in [0.717, 1.165) is 48.5 Å². The normalized spacial score (nSPS) is 17.4. The number of sulfonamides is 1. The minimum atomic E-state index is -4.47. The summed E-state index contributed by atoms with van der Waals surface area (Å²) >= 11 is 0. The average Bonchev–Trinajstić information content (AvgIpc) is 3.31. The van der Waals surface area contributed by atoms with Crippen molar-refractivity contribution in [1.82, 2.24) is 9.47 Å². The standard InChI is InChI=1S/C30H37F4N5O4S/c1-38(15-16-42-2)22-10-8-21(9-11-22)37-26-6-3-7-28-25(26)17-23(39(28)19-30(32,33)34)5-4-14-36-27-13-12-24(44(35,40)41)18-29(27)43-20-31/h3,6-7,12-13,17-18,21-22,36-37H,8-11,14-16,19-20H2,1-2H3,(H2,35,40,41)/t21-,22-. The molecule has 44 heavy (non-hydrogen) atoms. The lowest BCUT2D eigenvalue weighted by Crippen LogP contribution is -2.39. The molecule has 0 unspecified atom stereocenters. The highest BCUT2D eigenvalue weighted by atomic mass is 32.2. The van der Waals surface area contributed by atoms with E-state index in [1.807, 2.05) is 6.07 Å². The number of likely N-dealkylation sites (N-methyl/N-ethyl adjacent to an activating group) is 1. The molecule has 1 heterocycles. The zero-order chi connectivity index (χ0) is 31.9. The number of nitrogens with two attached hydrogens (primary N) is 1. The van der Waals surface area contributed by atoms with E-state index in [0.29, 0.717) is 23.6 Å². The molecular weight excluding hydrogens is 602 g/mol. The van der Waals surface area contributed by atoms with Crippen LogP contribution in [0.15, 0.2) is 47.4 Å². The van der Waals surface area contributed by atoms with Gasteiger partial charge in [-0.15, -0.1) is 0 Å². The summed E-state index contributed by atoms with van der Waals surface area (Å²) in [7, 11) is -0.256. The Morgan fingerprint density at radius 1 is 1.11 bits per heavy atom. The van der Waals surface area contributed by atoms with E-state index >= 15 is 0 Å². The van der Waals surface area contributed by atoms with Gasteiger partial charge in [-0.25, -0.2) is 17.9 Å². The molecule has 0 saturated heterocycles. The maximum Gasteiger partial charge on any atom is 0.406 e. The predicted molar refractivity (Wildman–Crippen MR) is 162 cm³/mol. The highest BCUT2D eigenvalue weighted by molar-refractivity contribution is 7.89. The summed E-state index contributed by atoms with van der Waals surface area (Å²) in [6.07, 6.45) is -0.579. The fourth-order valence-corrected chi connectivity index (χ4v) is 5.97. The van der Waals surface area contributed by atoms with E-state index in [4.69, 9.17) is 14.6 Å². The van der Waals surface area contributed by atoms with Crippen LogP contribution in [0.4, 0.5) is 28.9 Å². The number of alkyl halides is 4. The van der Waals surface area contributed by atoms with E-state index in [-0.39, 0.29) is 34.6 Å². The predicted octanol–water partition coefficient (Wildman–Crippen LogP) is 4.92. The molecule has 1 fully saturated rings. The molecule has 0 amide bonds. The first-order valence-corrected chi connectivity index (χ1v) is 15.7. The summed E-state index contributed by atoms with van der Waals surface area (Å²) < 4.78 is 88.2. The number of rotatable bonds is 12. The lowest BCUT2D eigenvalue weighted by atomic mass is 9.90. The van der Waals surface area contributed by atoms with Crippen LogP contribution in [0.1, 0.15) is 31.4 Å². The van der Waals surface area contributed by atoms with E-state index in [1.165, 1.54) is 12.1 Å². The number of benzene rings is 2. The van der Waals surface area contributed by atoms with Gasteiger partial charge in [0.1, 0.15) is 12.3 Å². The summed E-state index contributed by atoms with van der Waals surface area (Å²) in [5.41, 5.74) is 1.59. The molecule has 3 aromatic rings. The Labute approximate surface area is 254 Å². The third kappa shape index (κ3) is 8.78. The number of nitrogens with zero attached hydrogens (tertiary/aromatic N) is 2. The van der Waals surface area contributed by atoms with Gasteiger partial charge >= 0.3 is 6.18 Å². The smallest absolute Gasteiger partial charge is 0.406 e. The highest BCUT2D eigenvalue weighted by Gasteiger charge is 2.30. The molecular formula is C30H37F4N5O4S. The van der Waals surface area contributed by atoms with Crippen LogP contribution in [0.3, 0.4) is 0 Å². The topological polar surface area (TPSA) is 111 Å². The number of ether oxygens (including phenoxy) is 2. The number of anilines is 2. The number of aromatic nitrogens is 1. The Hall–Kier alpha value is -3.51. The Bertz CT molecular complexity index is 1590. The molecule has 4 N–H and O–H groups in total. The molecule has 0 atom stereocenters. The molecule has 0 spiro atoms. The van der Waals surface area contributed by atoms with E-state index in [2.05, 4.69) is 34.4 Å². The largest absolute Gasteiger partial charge is 0.461 e. The van der Waals surface area contributed by atoms with Crippen LogP contribution in [0.2, 0.25) is 0 Å². The molecule has 9 nitrogen and oxygen atoms in total. The first-order chi connectivity index (χ1) is 20.9. The maximum absolute atomic E-state index is 13.6. The lowest BCUT2D eigenvalue weighted by molar-refractivity contribution is -0.140. The first-order valence-electron chi connectivity index (χ1n) is 14.1. The third-order valence-electron chi connectivity index (χ3n) is 7.69. The number of halogens is 4. The van der Waals surface area contributed by atoms with Crippen LogP contribution < -0.4 is 20.5 Å². The Morgan fingerprint density at radius 3 is 2.52 bits per heavy atom. The van der Waals surface area contributed by atoms with Crippen molar-refractivity contribution in [1.29, 1.82) is 0 Å². The zero-order valence-electron chi connectivity index (χ0n) is 24.6. The summed E-state index contributed by atoms with van der Waals surface area (Å²) in [6.45, 7) is -0.926. The van der Waals surface area contributed by atoms with Crippen LogP contribution >= 0.6 is 0 Å². The minimum absolute atomic E-state index is 0.0436. The lowest BCUT2D eigenvalue weighted by Gasteiger charge is -2.35. The third-order valence-corrected chi connectivity index (χ3v) is 8.60. The Morgan fingerprint density at radius 2 is 1.86 bits per heavy atom. The molecule has 2 aromatic carbocycles. The summed E-state index contributed by atoms with van der Waals surface area (Å²) in [5.74, 6) is 5.53. The zero-order valence-corrected chi connectivity index (χ0v) is 25.4. The van der Waals surface area contributed by atoms with E-state index in [1.54, 1.807) is 25.3 Å². The fraction of sp³-hybridized carbons (Fsp3) is 0.467. The van der Waals surface area contributed by atoms with Crippen LogP contribution in [0.5, 0.6) is 5.75 Å². The van der Waals surface area contributed by atoms with Crippen LogP contribution in [0, 0.1) is 11.8 Å². The van der Waals surface area contributed by atoms with Gasteiger partial charge < -0.3 is 29.6 Å². The van der Waals surface area contributed by atoms with Crippen LogP contribution in [-0.2, 0) is 21.3 Å². The van der Waals surface area contributed by atoms with Crippen molar-refractivity contribution in [2.24, 2.45) is 5.14 Å². The summed E-state index contributed by atoms with van der Waals surface area (Å²) in [6, 6.07) is 11.2. The first kappa shape index (κ1) is 33.4. The quantitative estimate of drug-likeness (QED) is 0.191. The van der Waals surface area contributed by atoms with Crippen molar-refractivity contribution in [2.45, 2.75) is 55.4 Å². The Kier molecular flexibility index (Phi) is 11.0. The average molecular weight is 640 g/mol. The number of nitrogens with one attached hydrogen (secondary N) is 2. The SMILES string of the molecule is COCCN(C)[C@H]1CC[C@H](Nc2cccc3c2cc(C#CCNc2ccc(S(N)(=O)=O)cc2OCF)n3CC(F)(F)F)CC1. The second-order valence-corrected chi connectivity index (χ2v) is 12.3. The maximum atomic E-state index is 13.6. The molecule has 240 valence electrons. The highest BCUT2D eigenvalue weighted by Crippen LogP contribution is 2.33. The van der Waals surface area contributed by atoms with Gasteiger partial charge in [-0.05, 0) is 69.0 Å². The van der Waals surface area contributed by atoms with Gasteiger partial charge in [-0.2, -0.15) is 13.2 Å². The van der Waals surface area contributed by atoms with Gasteiger partial charge in [-0.1, -0.05) is 12.0 Å². The number of fused-ring (bicyclic) bond motifs is 1. The minimum Gasteiger partial charge on any atom is -0.461 e. The van der Waals surface area contributed by atoms with Gasteiger partial charge in [0.25, 0.3) is 0 Å². The monoisotopic (exact) mass is 639 g/mol. The number of hydrogen-bond donors (Lipinski definition) is 3. The fourth-order valence-electron chi connectivity index (χ4n) is 5.44. The van der Waals surface area contributed by atoms with Crippen LogP contribution in [-0.4, -0.2) is 76.9 Å². The molecule has 0 radical (unpaired) electrons. The van der Waals surface area contributed by atoms with Gasteiger partial charge in [0.2, 0.25) is 16.9 Å². The van der Waals surface area contributed by atoms with Gasteiger partial charge in [0.05, 0.1) is 34.9 Å². The van der Waals surface area contributed by atoms with Crippen molar-refractivity contribution < 1.29 is 35.5 Å². The molecule has 1 saturated carbocycles. The van der Waals surface area contributed by atoms with E-state index in [9.17, 15) is 26.0 Å². The van der Waals surface area contributed by atoms with E-state index < -0.39 is 29.6 Å². The van der Waals surface area contributed by atoms with Crippen molar-refractivity contribution >= 4 is 32.3 Å². The van der Waals surface area contributed by atoms with Gasteiger partial charge in [0.15, 0.2) is 0 Å². The molecule has 14 heteroatoms. The number of hydrogen-bond acceptors (Lipinski definition) is 7. The van der Waals surface area contributed by atoms with Gasteiger partial charge in [-0.3, -0.25) is 0 Å². The molecule has 1 aliphatic rings. The second-order valence-electron chi connectivity index (χ2n) is 10.7. The van der Waals surface area contributed by atoms with Crippen molar-refractivity contribution in [3.63, 3.8) is 0 Å². The van der Waals surface area contributed by atoms with Crippen molar-refractivity contribution in [2.75, 3.05) is 51.3 Å². The van der Waals surface area contributed by atoms with Crippen molar-refractivity contribution in [3.05, 3.63) is 48.2 Å². The molecule has 1 aliphatic carbocycles. The summed E-state index contributed by atoms with van der Waals surface area (Å²) in [5, 5.41) is 12.2. The molecule has 4 rings (SSSR count).